The van der Waals surface area contributed by atoms with Crippen LogP contribution in [0.3, 0.4) is 0 Å². The highest BCUT2D eigenvalue weighted by molar-refractivity contribution is 5.36. The topological polar surface area (TPSA) is 46.8 Å². The quantitative estimate of drug-likeness (QED) is 0.874. The first-order chi connectivity index (χ1) is 10.1. The molecule has 0 saturated heterocycles. The Bertz CT molecular complexity index is 691. The number of anilines is 1. The van der Waals surface area contributed by atoms with E-state index in [1.807, 2.05) is 20.9 Å². The van der Waals surface area contributed by atoms with Crippen LogP contribution in [0.25, 0.3) is 0 Å². The van der Waals surface area contributed by atoms with Gasteiger partial charge < -0.3 is 4.90 Å². The monoisotopic (exact) mass is 313 g/mol. The van der Waals surface area contributed by atoms with Gasteiger partial charge in [0.25, 0.3) is 0 Å². The van der Waals surface area contributed by atoms with E-state index in [1.54, 1.807) is 16.6 Å². The molecule has 0 amide bonds. The summed E-state index contributed by atoms with van der Waals surface area (Å²) in [4.78, 5) is 9.32. The average Bonchev–Trinajstić information content (AvgIpc) is 2.63. The maximum atomic E-state index is 12.8. The molecule has 0 aliphatic rings. The first-order valence-corrected chi connectivity index (χ1v) is 6.72. The van der Waals surface area contributed by atoms with Crippen LogP contribution in [0.4, 0.5) is 19.1 Å². The number of hydrogen-bond acceptors (Lipinski definition) is 4. The highest BCUT2D eigenvalue weighted by Gasteiger charge is 2.33. The number of rotatable bonds is 3. The fourth-order valence-corrected chi connectivity index (χ4v) is 2.22. The van der Waals surface area contributed by atoms with Crippen LogP contribution in [-0.4, -0.2) is 26.8 Å². The van der Waals surface area contributed by atoms with Crippen molar-refractivity contribution in [3.05, 3.63) is 34.4 Å². The summed E-state index contributed by atoms with van der Waals surface area (Å²) in [5.41, 5.74) is 2.12. The highest BCUT2D eigenvalue weighted by Crippen LogP contribution is 2.29. The molecule has 0 N–H and O–H groups in total. The fourth-order valence-electron chi connectivity index (χ4n) is 2.22. The Morgan fingerprint density at radius 2 is 1.82 bits per heavy atom. The zero-order valence-corrected chi connectivity index (χ0v) is 13.2. The van der Waals surface area contributed by atoms with Gasteiger partial charge in [0.15, 0.2) is 0 Å². The van der Waals surface area contributed by atoms with Gasteiger partial charge in [0.05, 0.1) is 5.69 Å². The minimum Gasteiger partial charge on any atom is -0.339 e. The Balaban J connectivity index is 2.34. The van der Waals surface area contributed by atoms with E-state index in [-0.39, 0.29) is 11.6 Å². The summed E-state index contributed by atoms with van der Waals surface area (Å²) in [6.07, 6.45) is -4.48. The molecule has 0 radical (unpaired) electrons. The molecule has 0 aromatic carbocycles. The largest absolute Gasteiger partial charge is 0.433 e. The molecule has 2 aromatic heterocycles. The number of aromatic nitrogens is 4. The van der Waals surface area contributed by atoms with Crippen molar-refractivity contribution in [2.24, 2.45) is 7.05 Å². The smallest absolute Gasteiger partial charge is 0.339 e. The van der Waals surface area contributed by atoms with Gasteiger partial charge in [0.1, 0.15) is 5.69 Å². The Morgan fingerprint density at radius 1 is 1.18 bits per heavy atom. The van der Waals surface area contributed by atoms with Gasteiger partial charge >= 0.3 is 6.18 Å². The molecule has 0 fully saturated rings. The number of alkyl halides is 3. The van der Waals surface area contributed by atoms with Gasteiger partial charge in [-0.3, -0.25) is 4.68 Å². The zero-order valence-electron chi connectivity index (χ0n) is 13.2. The van der Waals surface area contributed by atoms with E-state index in [0.717, 1.165) is 23.0 Å². The summed E-state index contributed by atoms with van der Waals surface area (Å²) in [6.45, 7) is 5.71. The predicted octanol–water partition coefficient (Wildman–Crippen LogP) is 2.79. The van der Waals surface area contributed by atoms with Gasteiger partial charge in [0, 0.05) is 37.6 Å². The third kappa shape index (κ3) is 3.20. The van der Waals surface area contributed by atoms with Crippen molar-refractivity contribution in [1.82, 2.24) is 19.7 Å². The molecule has 8 heteroatoms. The van der Waals surface area contributed by atoms with Gasteiger partial charge in [-0.2, -0.15) is 18.3 Å². The number of nitrogens with zero attached hydrogens (tertiary/aromatic N) is 5. The maximum Gasteiger partial charge on any atom is 0.433 e. The number of hydrogen-bond donors (Lipinski definition) is 0. The molecule has 22 heavy (non-hydrogen) atoms. The summed E-state index contributed by atoms with van der Waals surface area (Å²) < 4.78 is 40.3. The Hall–Kier alpha value is -2.12. The lowest BCUT2D eigenvalue weighted by molar-refractivity contribution is -0.141. The first kappa shape index (κ1) is 16.3. The molecule has 0 aliphatic heterocycles. The lowest BCUT2D eigenvalue weighted by atomic mass is 10.2. The van der Waals surface area contributed by atoms with Crippen LogP contribution < -0.4 is 4.90 Å². The standard InChI is InChI=1S/C14H18F3N5/c1-8-6-12(14(15,16)17)19-13(18-8)21(4)7-11-9(2)20-22(5)10(11)3/h6H,7H2,1-5H3. The molecule has 0 aliphatic carbocycles. The highest BCUT2D eigenvalue weighted by atomic mass is 19.4. The van der Waals surface area contributed by atoms with Crippen LogP contribution in [0.15, 0.2) is 6.07 Å². The Kier molecular flexibility index (Phi) is 4.12. The Morgan fingerprint density at radius 3 is 2.32 bits per heavy atom. The Labute approximate surface area is 126 Å². The van der Waals surface area contributed by atoms with Crippen LogP contribution in [0, 0.1) is 20.8 Å². The SMILES string of the molecule is Cc1cc(C(F)(F)F)nc(N(C)Cc2c(C)nn(C)c2C)n1. The summed E-state index contributed by atoms with van der Waals surface area (Å²) in [6, 6.07) is 0.942. The van der Waals surface area contributed by atoms with Crippen LogP contribution in [0.5, 0.6) is 0 Å². The molecule has 2 heterocycles. The van der Waals surface area contributed by atoms with E-state index in [1.165, 1.54) is 6.92 Å². The maximum absolute atomic E-state index is 12.8. The van der Waals surface area contributed by atoms with E-state index < -0.39 is 11.9 Å². The van der Waals surface area contributed by atoms with Gasteiger partial charge in [-0.1, -0.05) is 0 Å². The predicted molar refractivity (Wildman–Crippen MR) is 76.6 cm³/mol. The zero-order chi connectivity index (χ0) is 16.7. The second-order valence-corrected chi connectivity index (χ2v) is 5.32. The third-order valence-corrected chi connectivity index (χ3v) is 3.53. The summed E-state index contributed by atoms with van der Waals surface area (Å²) >= 11 is 0. The van der Waals surface area contributed by atoms with E-state index in [4.69, 9.17) is 0 Å². The molecule has 2 rings (SSSR count). The van der Waals surface area contributed by atoms with E-state index in [0.29, 0.717) is 6.54 Å². The lowest BCUT2D eigenvalue weighted by Gasteiger charge is -2.19. The van der Waals surface area contributed by atoms with Crippen molar-refractivity contribution in [3.63, 3.8) is 0 Å². The molecule has 0 spiro atoms. The number of aryl methyl sites for hydroxylation is 3. The van der Waals surface area contributed by atoms with Crippen molar-refractivity contribution in [1.29, 1.82) is 0 Å². The van der Waals surface area contributed by atoms with Crippen LogP contribution in [-0.2, 0) is 19.8 Å². The first-order valence-electron chi connectivity index (χ1n) is 6.72. The van der Waals surface area contributed by atoms with Crippen molar-refractivity contribution in [2.75, 3.05) is 11.9 Å². The minimum atomic E-state index is -4.48. The summed E-state index contributed by atoms with van der Waals surface area (Å²) in [7, 11) is 3.50. The van der Waals surface area contributed by atoms with E-state index in [9.17, 15) is 13.2 Å². The average molecular weight is 313 g/mol. The molecule has 120 valence electrons. The van der Waals surface area contributed by atoms with Crippen LogP contribution in [0.2, 0.25) is 0 Å². The lowest BCUT2D eigenvalue weighted by Crippen LogP contribution is -2.22. The molecule has 5 nitrogen and oxygen atoms in total. The second kappa shape index (κ2) is 5.58. The molecule has 0 saturated carbocycles. The van der Waals surface area contributed by atoms with Crippen molar-refractivity contribution >= 4 is 5.95 Å². The fraction of sp³-hybridized carbons (Fsp3) is 0.500. The van der Waals surface area contributed by atoms with Gasteiger partial charge in [-0.25, -0.2) is 9.97 Å². The van der Waals surface area contributed by atoms with Crippen molar-refractivity contribution in [3.8, 4) is 0 Å². The summed E-state index contributed by atoms with van der Waals surface area (Å²) in [5, 5.41) is 4.30. The molecule has 0 unspecified atom stereocenters. The molecule has 0 bridgehead atoms. The molecule has 0 atom stereocenters. The molecule has 2 aromatic rings. The molecular weight excluding hydrogens is 295 g/mol. The van der Waals surface area contributed by atoms with Crippen LogP contribution >= 0.6 is 0 Å². The third-order valence-electron chi connectivity index (χ3n) is 3.53. The normalized spacial score (nSPS) is 11.8. The minimum absolute atomic E-state index is 0.0509. The van der Waals surface area contributed by atoms with Crippen molar-refractivity contribution < 1.29 is 13.2 Å². The van der Waals surface area contributed by atoms with Crippen LogP contribution in [0.1, 0.15) is 28.3 Å². The summed E-state index contributed by atoms with van der Waals surface area (Å²) in [5.74, 6) is 0.0509. The van der Waals surface area contributed by atoms with E-state index in [2.05, 4.69) is 15.1 Å². The van der Waals surface area contributed by atoms with Gasteiger partial charge in [-0.05, 0) is 26.8 Å². The van der Waals surface area contributed by atoms with Crippen molar-refractivity contribution in [2.45, 2.75) is 33.5 Å². The van der Waals surface area contributed by atoms with Gasteiger partial charge in [0.2, 0.25) is 5.95 Å². The van der Waals surface area contributed by atoms with Gasteiger partial charge in [-0.15, -0.1) is 0 Å². The number of halogens is 3. The molecular formula is C14H18F3N5. The second-order valence-electron chi connectivity index (χ2n) is 5.32. The van der Waals surface area contributed by atoms with E-state index >= 15 is 0 Å².